The van der Waals surface area contributed by atoms with Gasteiger partial charge in [-0.25, -0.2) is 0 Å². The SMILES string of the molecule is O=c1c(N2CC[NH+](Cc3ccccc3)CC2)csc2ccc(Br)cc12. The van der Waals surface area contributed by atoms with Crippen LogP contribution in [0.4, 0.5) is 5.69 Å². The van der Waals surface area contributed by atoms with Gasteiger partial charge in [0.2, 0.25) is 5.43 Å². The standard InChI is InChI=1S/C20H19BrN2OS/c21-16-6-7-19-17(12-16)20(24)18(14-25-19)23-10-8-22(9-11-23)13-15-4-2-1-3-5-15/h1-7,12,14H,8-11,13H2/p+1. The van der Waals surface area contributed by atoms with Crippen LogP contribution in [0.5, 0.6) is 0 Å². The quantitative estimate of drug-likeness (QED) is 0.710. The van der Waals surface area contributed by atoms with Gasteiger partial charge in [-0.15, -0.1) is 11.3 Å². The third-order valence-electron chi connectivity index (χ3n) is 4.82. The summed E-state index contributed by atoms with van der Waals surface area (Å²) in [6.45, 7) is 5.06. The summed E-state index contributed by atoms with van der Waals surface area (Å²) < 4.78 is 2.00. The summed E-state index contributed by atoms with van der Waals surface area (Å²) in [5, 5.41) is 2.84. The molecule has 3 nitrogen and oxygen atoms in total. The summed E-state index contributed by atoms with van der Waals surface area (Å²) in [6, 6.07) is 16.6. The van der Waals surface area contributed by atoms with Gasteiger partial charge in [0.15, 0.2) is 0 Å². The molecule has 1 N–H and O–H groups in total. The number of hydrogen-bond donors (Lipinski definition) is 1. The molecular formula is C20H20BrN2OS+. The predicted octanol–water partition coefficient (Wildman–Crippen LogP) is 2.93. The Bertz CT molecular complexity index is 933. The highest BCUT2D eigenvalue weighted by Crippen LogP contribution is 2.24. The van der Waals surface area contributed by atoms with Crippen molar-refractivity contribution in [3.05, 3.63) is 74.2 Å². The molecule has 128 valence electrons. The summed E-state index contributed by atoms with van der Waals surface area (Å²) in [5.74, 6) is 0. The van der Waals surface area contributed by atoms with E-state index in [0.717, 1.165) is 53.0 Å². The van der Waals surface area contributed by atoms with E-state index in [1.54, 1.807) is 16.2 Å². The Kier molecular flexibility index (Phi) is 4.88. The van der Waals surface area contributed by atoms with Gasteiger partial charge in [-0.05, 0) is 18.2 Å². The lowest BCUT2D eigenvalue weighted by molar-refractivity contribution is -0.914. The van der Waals surface area contributed by atoms with E-state index in [0.29, 0.717) is 0 Å². The average Bonchev–Trinajstić information content (AvgIpc) is 2.64. The Morgan fingerprint density at radius 1 is 1.08 bits per heavy atom. The van der Waals surface area contributed by atoms with Crippen molar-refractivity contribution in [1.29, 1.82) is 0 Å². The monoisotopic (exact) mass is 415 g/mol. The minimum absolute atomic E-state index is 0.154. The molecule has 3 aromatic rings. The minimum atomic E-state index is 0.154. The number of anilines is 1. The number of halogens is 1. The predicted molar refractivity (Wildman–Crippen MR) is 109 cm³/mol. The largest absolute Gasteiger partial charge is 0.356 e. The highest BCUT2D eigenvalue weighted by atomic mass is 79.9. The molecule has 0 aliphatic carbocycles. The molecule has 1 aliphatic heterocycles. The fraction of sp³-hybridized carbons (Fsp3) is 0.250. The molecule has 1 fully saturated rings. The molecule has 1 aromatic heterocycles. The third-order valence-corrected chi connectivity index (χ3v) is 6.27. The molecule has 0 radical (unpaired) electrons. The molecule has 1 saturated heterocycles. The van der Waals surface area contributed by atoms with Gasteiger partial charge in [0.25, 0.3) is 0 Å². The van der Waals surface area contributed by atoms with Crippen LogP contribution in [-0.4, -0.2) is 26.2 Å². The van der Waals surface area contributed by atoms with Gasteiger partial charge in [0, 0.05) is 25.5 Å². The molecule has 5 heteroatoms. The number of nitrogens with one attached hydrogen (secondary N) is 1. The first-order valence-corrected chi connectivity index (χ1v) is 10.2. The Balaban J connectivity index is 1.50. The second-order valence-corrected chi connectivity index (χ2v) is 8.32. The van der Waals surface area contributed by atoms with E-state index in [2.05, 4.69) is 51.2 Å². The second kappa shape index (κ2) is 7.28. The number of hydrogen-bond acceptors (Lipinski definition) is 3. The van der Waals surface area contributed by atoms with Crippen molar-refractivity contribution in [2.75, 3.05) is 31.1 Å². The van der Waals surface area contributed by atoms with E-state index in [1.165, 1.54) is 5.56 Å². The van der Waals surface area contributed by atoms with E-state index in [9.17, 15) is 4.79 Å². The Morgan fingerprint density at radius 3 is 2.60 bits per heavy atom. The maximum atomic E-state index is 12.9. The fourth-order valence-electron chi connectivity index (χ4n) is 3.44. The van der Waals surface area contributed by atoms with Crippen LogP contribution in [0, 0.1) is 0 Å². The van der Waals surface area contributed by atoms with E-state index in [-0.39, 0.29) is 5.43 Å². The highest BCUT2D eigenvalue weighted by Gasteiger charge is 2.22. The van der Waals surface area contributed by atoms with E-state index in [1.807, 2.05) is 23.6 Å². The van der Waals surface area contributed by atoms with Gasteiger partial charge >= 0.3 is 0 Å². The number of piperazine rings is 1. The summed E-state index contributed by atoms with van der Waals surface area (Å²) in [7, 11) is 0. The van der Waals surface area contributed by atoms with Crippen LogP contribution in [0.2, 0.25) is 0 Å². The van der Waals surface area contributed by atoms with Crippen molar-refractivity contribution in [2.45, 2.75) is 6.54 Å². The molecule has 0 amide bonds. The van der Waals surface area contributed by atoms with Crippen LogP contribution >= 0.6 is 27.3 Å². The van der Waals surface area contributed by atoms with E-state index >= 15 is 0 Å². The number of fused-ring (bicyclic) bond motifs is 1. The van der Waals surface area contributed by atoms with Crippen LogP contribution in [0.1, 0.15) is 5.56 Å². The highest BCUT2D eigenvalue weighted by molar-refractivity contribution is 9.10. The molecule has 2 aromatic carbocycles. The summed E-state index contributed by atoms with van der Waals surface area (Å²) in [5.41, 5.74) is 2.39. The number of nitrogens with zero attached hydrogens (tertiary/aromatic N) is 1. The lowest BCUT2D eigenvalue weighted by atomic mass is 10.2. The van der Waals surface area contributed by atoms with Gasteiger partial charge in [-0.2, -0.15) is 0 Å². The Hall–Kier alpha value is -1.69. The van der Waals surface area contributed by atoms with Gasteiger partial charge in [-0.1, -0.05) is 46.3 Å². The first-order valence-electron chi connectivity index (χ1n) is 8.54. The van der Waals surface area contributed by atoms with E-state index < -0.39 is 0 Å². The molecule has 0 spiro atoms. The van der Waals surface area contributed by atoms with Crippen LogP contribution in [0.15, 0.2) is 63.2 Å². The maximum Gasteiger partial charge on any atom is 0.211 e. The zero-order chi connectivity index (χ0) is 17.2. The van der Waals surface area contributed by atoms with Gasteiger partial charge in [0.05, 0.1) is 31.9 Å². The summed E-state index contributed by atoms with van der Waals surface area (Å²) in [4.78, 5) is 16.7. The molecule has 25 heavy (non-hydrogen) atoms. The Labute approximate surface area is 159 Å². The van der Waals surface area contributed by atoms with Crippen molar-refractivity contribution in [2.24, 2.45) is 0 Å². The average molecular weight is 416 g/mol. The first kappa shape index (κ1) is 16.8. The smallest absolute Gasteiger partial charge is 0.211 e. The van der Waals surface area contributed by atoms with Crippen LogP contribution in [0.3, 0.4) is 0 Å². The van der Waals surface area contributed by atoms with Crippen molar-refractivity contribution in [1.82, 2.24) is 0 Å². The van der Waals surface area contributed by atoms with Crippen molar-refractivity contribution in [3.63, 3.8) is 0 Å². The topological polar surface area (TPSA) is 24.8 Å². The van der Waals surface area contributed by atoms with Crippen LogP contribution < -0.4 is 15.2 Å². The normalized spacial score (nSPS) is 15.6. The van der Waals surface area contributed by atoms with Crippen molar-refractivity contribution in [3.8, 4) is 0 Å². The zero-order valence-electron chi connectivity index (χ0n) is 13.9. The van der Waals surface area contributed by atoms with Gasteiger partial charge in [0.1, 0.15) is 6.54 Å². The molecule has 0 atom stereocenters. The molecule has 0 saturated carbocycles. The van der Waals surface area contributed by atoms with Crippen LogP contribution in [-0.2, 0) is 6.54 Å². The maximum absolute atomic E-state index is 12.9. The number of rotatable bonds is 3. The number of quaternary nitrogens is 1. The molecule has 1 aliphatic rings. The Morgan fingerprint density at radius 2 is 1.84 bits per heavy atom. The van der Waals surface area contributed by atoms with E-state index in [4.69, 9.17) is 0 Å². The zero-order valence-corrected chi connectivity index (χ0v) is 16.3. The van der Waals surface area contributed by atoms with Gasteiger partial charge in [-0.3, -0.25) is 4.79 Å². The molecule has 0 bridgehead atoms. The molecule has 4 rings (SSSR count). The third kappa shape index (κ3) is 3.64. The fourth-order valence-corrected chi connectivity index (χ4v) is 4.72. The van der Waals surface area contributed by atoms with Gasteiger partial charge < -0.3 is 9.80 Å². The lowest BCUT2D eigenvalue weighted by Gasteiger charge is -2.33. The number of benzene rings is 2. The first-order chi connectivity index (χ1) is 12.2. The van der Waals surface area contributed by atoms with Crippen molar-refractivity contribution >= 4 is 43.0 Å². The molecule has 0 unspecified atom stereocenters. The molecular weight excluding hydrogens is 396 g/mol. The minimum Gasteiger partial charge on any atom is -0.356 e. The summed E-state index contributed by atoms with van der Waals surface area (Å²) >= 11 is 5.13. The van der Waals surface area contributed by atoms with Crippen LogP contribution in [0.25, 0.3) is 10.1 Å². The lowest BCUT2D eigenvalue weighted by Crippen LogP contribution is -3.13. The molecule has 2 heterocycles. The summed E-state index contributed by atoms with van der Waals surface area (Å²) in [6.07, 6.45) is 0. The second-order valence-electron chi connectivity index (χ2n) is 6.49. The van der Waals surface area contributed by atoms with Crippen molar-refractivity contribution < 1.29 is 4.90 Å².